The minimum absolute atomic E-state index is 0.0270. The number of halogens is 2. The highest BCUT2D eigenvalue weighted by Gasteiger charge is 2.15. The van der Waals surface area contributed by atoms with Crippen LogP contribution in [0, 0.1) is 5.92 Å². The molecule has 0 saturated carbocycles. The Kier molecular flexibility index (Phi) is 12.9. The van der Waals surface area contributed by atoms with Crippen molar-refractivity contribution in [2.75, 3.05) is 0 Å². The van der Waals surface area contributed by atoms with E-state index in [1.165, 1.54) is 0 Å². The van der Waals surface area contributed by atoms with E-state index in [2.05, 4.69) is 19.7 Å². The molecule has 2 heteroatoms. The molecule has 0 aromatic heterocycles. The standard InChI is InChI=1S/C15H18Cl2.C2H6/c1-6-9-14(12(5)16)11(4)13(8-3)15(17)10-7-2;1-2/h6-11H,1,3,5H2,2,4H3;1-2H3/b10-7-,14-9-,15-13-;. The summed E-state index contributed by atoms with van der Waals surface area (Å²) in [6, 6.07) is 0. The van der Waals surface area contributed by atoms with Crippen LogP contribution in [0.3, 0.4) is 0 Å². The van der Waals surface area contributed by atoms with Gasteiger partial charge in [-0.2, -0.15) is 0 Å². The molecule has 0 radical (unpaired) electrons. The normalized spacial score (nSPS) is 14.1. The maximum Gasteiger partial charge on any atom is 0.0440 e. The molecule has 0 N–H and O–H groups in total. The number of hydrogen-bond donors (Lipinski definition) is 0. The minimum atomic E-state index is 0.0270. The minimum Gasteiger partial charge on any atom is -0.0991 e. The zero-order chi connectivity index (χ0) is 15.4. The summed E-state index contributed by atoms with van der Waals surface area (Å²) in [5.74, 6) is 0.0270. The van der Waals surface area contributed by atoms with Gasteiger partial charge in [0.15, 0.2) is 0 Å². The predicted molar refractivity (Wildman–Crippen MR) is 91.7 cm³/mol. The summed E-state index contributed by atoms with van der Waals surface area (Å²) in [5, 5.41) is 1.14. The number of rotatable bonds is 6. The van der Waals surface area contributed by atoms with Gasteiger partial charge in [0.05, 0.1) is 0 Å². The van der Waals surface area contributed by atoms with Crippen molar-refractivity contribution in [3.8, 4) is 0 Å². The van der Waals surface area contributed by atoms with Gasteiger partial charge in [-0.1, -0.05) is 88.0 Å². The predicted octanol–water partition coefficient (Wildman–Crippen LogP) is 6.77. The molecule has 0 rings (SSSR count). The van der Waals surface area contributed by atoms with Crippen LogP contribution in [0.5, 0.6) is 0 Å². The molecule has 0 saturated heterocycles. The van der Waals surface area contributed by atoms with Gasteiger partial charge in [-0.25, -0.2) is 0 Å². The van der Waals surface area contributed by atoms with Crippen LogP contribution >= 0.6 is 23.2 Å². The van der Waals surface area contributed by atoms with Gasteiger partial charge in [-0.15, -0.1) is 0 Å². The summed E-state index contributed by atoms with van der Waals surface area (Å²) in [6.45, 7) is 19.1. The Morgan fingerprint density at radius 3 is 2.00 bits per heavy atom. The van der Waals surface area contributed by atoms with Crippen molar-refractivity contribution in [1.29, 1.82) is 0 Å². The van der Waals surface area contributed by atoms with E-state index in [-0.39, 0.29) is 5.92 Å². The SMILES string of the molecule is C=C/C=C(\C(=C)Cl)C(C)/C(C=C)=C(Cl)/C=C\C.CC. The number of allylic oxidation sites excluding steroid dienone is 9. The lowest BCUT2D eigenvalue weighted by Crippen LogP contribution is -2.03. The summed E-state index contributed by atoms with van der Waals surface area (Å²) >= 11 is 12.2. The van der Waals surface area contributed by atoms with Crippen molar-refractivity contribution >= 4 is 23.2 Å². The molecule has 0 spiro atoms. The van der Waals surface area contributed by atoms with E-state index in [0.29, 0.717) is 10.1 Å². The molecule has 1 atom stereocenters. The van der Waals surface area contributed by atoms with Crippen molar-refractivity contribution < 1.29 is 0 Å². The first-order valence-corrected chi connectivity index (χ1v) is 7.07. The molecule has 19 heavy (non-hydrogen) atoms. The first-order chi connectivity index (χ1) is 8.99. The third-order valence-electron chi connectivity index (χ3n) is 2.35. The third-order valence-corrected chi connectivity index (χ3v) is 2.91. The third kappa shape index (κ3) is 7.25. The van der Waals surface area contributed by atoms with Gasteiger partial charge in [0.25, 0.3) is 0 Å². The van der Waals surface area contributed by atoms with Gasteiger partial charge in [0.1, 0.15) is 0 Å². The van der Waals surface area contributed by atoms with E-state index in [0.717, 1.165) is 11.1 Å². The largest absolute Gasteiger partial charge is 0.0991 e. The fraction of sp³-hybridized carbons (Fsp3) is 0.294. The Bertz CT molecular complexity index is 395. The van der Waals surface area contributed by atoms with E-state index < -0.39 is 0 Å². The van der Waals surface area contributed by atoms with Crippen LogP contribution < -0.4 is 0 Å². The zero-order valence-corrected chi connectivity index (χ0v) is 13.9. The van der Waals surface area contributed by atoms with Crippen LogP contribution in [0.4, 0.5) is 0 Å². The second-order valence-electron chi connectivity index (χ2n) is 3.49. The highest BCUT2D eigenvalue weighted by Crippen LogP contribution is 2.31. The fourth-order valence-corrected chi connectivity index (χ4v) is 2.08. The Balaban J connectivity index is 0. The average molecular weight is 299 g/mol. The quantitative estimate of drug-likeness (QED) is 0.475. The van der Waals surface area contributed by atoms with E-state index in [1.54, 1.807) is 12.2 Å². The van der Waals surface area contributed by atoms with Crippen molar-refractivity contribution in [3.05, 3.63) is 71.3 Å². The Hall–Kier alpha value is -0.980. The lowest BCUT2D eigenvalue weighted by atomic mass is 9.91. The summed E-state index contributed by atoms with van der Waals surface area (Å²) in [4.78, 5) is 0. The van der Waals surface area contributed by atoms with Gasteiger partial charge in [0, 0.05) is 16.0 Å². The van der Waals surface area contributed by atoms with Gasteiger partial charge < -0.3 is 0 Å². The maximum atomic E-state index is 6.19. The first kappa shape index (κ1) is 20.3. The van der Waals surface area contributed by atoms with Crippen LogP contribution in [0.25, 0.3) is 0 Å². The molecule has 106 valence electrons. The van der Waals surface area contributed by atoms with Crippen LogP contribution in [0.15, 0.2) is 71.3 Å². The molecular formula is C17H24Cl2. The van der Waals surface area contributed by atoms with E-state index in [1.807, 2.05) is 45.9 Å². The van der Waals surface area contributed by atoms with Gasteiger partial charge >= 0.3 is 0 Å². The molecular weight excluding hydrogens is 275 g/mol. The van der Waals surface area contributed by atoms with E-state index >= 15 is 0 Å². The van der Waals surface area contributed by atoms with Gasteiger partial charge in [-0.3, -0.25) is 0 Å². The highest BCUT2D eigenvalue weighted by atomic mass is 35.5. The monoisotopic (exact) mass is 298 g/mol. The lowest BCUT2D eigenvalue weighted by molar-refractivity contribution is 0.842. The fourth-order valence-electron chi connectivity index (χ4n) is 1.49. The van der Waals surface area contributed by atoms with Crippen molar-refractivity contribution in [2.45, 2.75) is 27.7 Å². The van der Waals surface area contributed by atoms with Crippen LogP contribution in [-0.4, -0.2) is 0 Å². The molecule has 0 aromatic rings. The molecule has 0 nitrogen and oxygen atoms in total. The van der Waals surface area contributed by atoms with Crippen LogP contribution in [0.1, 0.15) is 27.7 Å². The summed E-state index contributed by atoms with van der Waals surface area (Å²) in [6.07, 6.45) is 8.97. The lowest BCUT2D eigenvalue weighted by Gasteiger charge is -2.17. The number of hydrogen-bond acceptors (Lipinski definition) is 0. The van der Waals surface area contributed by atoms with Crippen molar-refractivity contribution in [2.24, 2.45) is 5.92 Å². The smallest absolute Gasteiger partial charge is 0.0440 e. The first-order valence-electron chi connectivity index (χ1n) is 6.31. The average Bonchev–Trinajstić information content (AvgIpc) is 2.38. The molecule has 0 aromatic carbocycles. The molecule has 0 aliphatic heterocycles. The highest BCUT2D eigenvalue weighted by molar-refractivity contribution is 6.32. The molecule has 0 heterocycles. The molecule has 0 aliphatic carbocycles. The van der Waals surface area contributed by atoms with Crippen molar-refractivity contribution in [1.82, 2.24) is 0 Å². The Morgan fingerprint density at radius 1 is 1.16 bits per heavy atom. The molecule has 1 unspecified atom stereocenters. The van der Waals surface area contributed by atoms with Crippen molar-refractivity contribution in [3.63, 3.8) is 0 Å². The molecule has 0 fully saturated rings. The van der Waals surface area contributed by atoms with Crippen LogP contribution in [-0.2, 0) is 0 Å². The molecule has 0 aliphatic rings. The van der Waals surface area contributed by atoms with E-state index in [4.69, 9.17) is 23.2 Å². The van der Waals surface area contributed by atoms with E-state index in [9.17, 15) is 0 Å². The molecule has 0 bridgehead atoms. The zero-order valence-electron chi connectivity index (χ0n) is 12.3. The topological polar surface area (TPSA) is 0 Å². The van der Waals surface area contributed by atoms with Gasteiger partial charge in [-0.05, 0) is 24.1 Å². The summed E-state index contributed by atoms with van der Waals surface area (Å²) in [5.41, 5.74) is 1.80. The Labute approximate surface area is 128 Å². The summed E-state index contributed by atoms with van der Waals surface area (Å²) < 4.78 is 0. The maximum absolute atomic E-state index is 6.19. The second-order valence-corrected chi connectivity index (χ2v) is 4.36. The van der Waals surface area contributed by atoms with Gasteiger partial charge in [0.2, 0.25) is 0 Å². The second kappa shape index (κ2) is 12.1. The molecule has 0 amide bonds. The van der Waals surface area contributed by atoms with Crippen LogP contribution in [0.2, 0.25) is 0 Å². The summed E-state index contributed by atoms with van der Waals surface area (Å²) in [7, 11) is 0. The Morgan fingerprint density at radius 2 is 1.68 bits per heavy atom.